The molecule has 7 nitrogen and oxygen atoms in total. The lowest BCUT2D eigenvalue weighted by Gasteiger charge is -2.00. The van der Waals surface area contributed by atoms with Gasteiger partial charge in [-0.1, -0.05) is 12.1 Å². The van der Waals surface area contributed by atoms with E-state index in [1.54, 1.807) is 12.1 Å². The summed E-state index contributed by atoms with van der Waals surface area (Å²) in [5.41, 5.74) is -0.0102. The highest BCUT2D eigenvalue weighted by atomic mass is 16.6. The number of nitriles is 1. The van der Waals surface area contributed by atoms with E-state index in [1.165, 1.54) is 24.3 Å². The number of hydrogen-bond donors (Lipinski definition) is 1. The Morgan fingerprint density at radius 1 is 1.39 bits per heavy atom. The molecular formula is C11H6N4O3. The van der Waals surface area contributed by atoms with Crippen LogP contribution in [-0.4, -0.2) is 15.1 Å². The van der Waals surface area contributed by atoms with Crippen LogP contribution >= 0.6 is 0 Å². The Hall–Kier alpha value is -3.01. The monoisotopic (exact) mass is 242 g/mol. The van der Waals surface area contributed by atoms with E-state index in [0.717, 1.165) is 0 Å². The molecule has 0 aliphatic rings. The van der Waals surface area contributed by atoms with Crippen LogP contribution in [0.5, 0.6) is 0 Å². The zero-order valence-corrected chi connectivity index (χ0v) is 8.95. The van der Waals surface area contributed by atoms with Gasteiger partial charge in [0.15, 0.2) is 0 Å². The fourth-order valence-corrected chi connectivity index (χ4v) is 1.42. The second-order valence-corrected chi connectivity index (χ2v) is 3.42. The third-order valence-corrected chi connectivity index (χ3v) is 2.28. The van der Waals surface area contributed by atoms with Crippen molar-refractivity contribution in [2.24, 2.45) is 0 Å². The van der Waals surface area contributed by atoms with Crippen molar-refractivity contribution in [2.45, 2.75) is 0 Å². The van der Waals surface area contributed by atoms with Crippen molar-refractivity contribution < 1.29 is 4.92 Å². The van der Waals surface area contributed by atoms with Gasteiger partial charge in [-0.2, -0.15) is 10.4 Å². The summed E-state index contributed by atoms with van der Waals surface area (Å²) < 4.78 is 0. The molecule has 1 heterocycles. The molecule has 18 heavy (non-hydrogen) atoms. The van der Waals surface area contributed by atoms with Crippen molar-refractivity contribution in [1.82, 2.24) is 10.2 Å². The maximum Gasteiger partial charge on any atom is 0.282 e. The summed E-state index contributed by atoms with van der Waals surface area (Å²) in [5.74, 6) is 0. The van der Waals surface area contributed by atoms with Gasteiger partial charge in [-0.3, -0.25) is 14.9 Å². The number of rotatable bonds is 2. The van der Waals surface area contributed by atoms with E-state index in [-0.39, 0.29) is 11.3 Å². The van der Waals surface area contributed by atoms with E-state index in [2.05, 4.69) is 10.2 Å². The van der Waals surface area contributed by atoms with Crippen molar-refractivity contribution in [2.75, 3.05) is 0 Å². The first-order valence-corrected chi connectivity index (χ1v) is 4.86. The predicted molar refractivity (Wildman–Crippen MR) is 61.7 cm³/mol. The van der Waals surface area contributed by atoms with Crippen LogP contribution in [0.15, 0.2) is 35.1 Å². The molecule has 2 rings (SSSR count). The standard InChI is InChI=1S/C11H6N4O3/c12-6-8-5-10(13-14-11(8)16)7-2-1-3-9(4-7)15(17)18/h1-5H,(H,14,16). The Morgan fingerprint density at radius 3 is 2.83 bits per heavy atom. The molecule has 0 saturated carbocycles. The van der Waals surface area contributed by atoms with Crippen LogP contribution in [-0.2, 0) is 0 Å². The van der Waals surface area contributed by atoms with Crippen LogP contribution in [0.4, 0.5) is 5.69 Å². The predicted octanol–water partition coefficient (Wildman–Crippen LogP) is 1.22. The average Bonchev–Trinajstić information content (AvgIpc) is 2.39. The van der Waals surface area contributed by atoms with Gasteiger partial charge >= 0.3 is 0 Å². The number of aromatic nitrogens is 2. The Morgan fingerprint density at radius 2 is 2.17 bits per heavy atom. The minimum atomic E-state index is -0.591. The van der Waals surface area contributed by atoms with Crippen LogP contribution in [0.1, 0.15) is 5.56 Å². The zero-order chi connectivity index (χ0) is 13.1. The quantitative estimate of drug-likeness (QED) is 0.628. The number of nitro groups is 1. The number of non-ortho nitro benzene ring substituents is 1. The molecule has 1 aromatic heterocycles. The maximum absolute atomic E-state index is 11.2. The third-order valence-electron chi connectivity index (χ3n) is 2.28. The lowest BCUT2D eigenvalue weighted by Crippen LogP contribution is -2.12. The van der Waals surface area contributed by atoms with Crippen molar-refractivity contribution in [3.05, 3.63) is 56.4 Å². The molecule has 0 unspecified atom stereocenters. The van der Waals surface area contributed by atoms with Crippen LogP contribution in [0.3, 0.4) is 0 Å². The van der Waals surface area contributed by atoms with E-state index < -0.39 is 10.5 Å². The Balaban J connectivity index is 2.56. The largest absolute Gasteiger partial charge is 0.282 e. The van der Waals surface area contributed by atoms with Gasteiger partial charge in [0, 0.05) is 17.7 Å². The molecule has 0 saturated heterocycles. The molecule has 0 amide bonds. The molecule has 0 radical (unpaired) electrons. The number of nitrogens with one attached hydrogen (secondary N) is 1. The smallest absolute Gasteiger partial charge is 0.267 e. The molecule has 0 aliphatic heterocycles. The maximum atomic E-state index is 11.2. The highest BCUT2D eigenvalue weighted by Crippen LogP contribution is 2.21. The molecule has 0 fully saturated rings. The fraction of sp³-hybridized carbons (Fsp3) is 0. The average molecular weight is 242 g/mol. The summed E-state index contributed by atoms with van der Waals surface area (Å²) in [4.78, 5) is 21.3. The van der Waals surface area contributed by atoms with Gasteiger partial charge in [0.2, 0.25) is 0 Å². The molecule has 7 heteroatoms. The van der Waals surface area contributed by atoms with Crippen molar-refractivity contribution in [1.29, 1.82) is 5.26 Å². The number of nitrogens with zero attached hydrogens (tertiary/aromatic N) is 3. The fourth-order valence-electron chi connectivity index (χ4n) is 1.42. The van der Waals surface area contributed by atoms with Crippen LogP contribution in [0.25, 0.3) is 11.3 Å². The summed E-state index contributed by atoms with van der Waals surface area (Å²) in [6, 6.07) is 8.80. The SMILES string of the molecule is N#Cc1cc(-c2cccc([N+](=O)[O-])c2)n[nH]c1=O. The van der Waals surface area contributed by atoms with E-state index in [4.69, 9.17) is 5.26 Å². The lowest BCUT2D eigenvalue weighted by atomic mass is 10.1. The molecule has 0 aliphatic carbocycles. The zero-order valence-electron chi connectivity index (χ0n) is 8.95. The number of nitro benzene ring substituents is 1. The van der Waals surface area contributed by atoms with E-state index in [1.807, 2.05) is 0 Å². The molecule has 1 N–H and O–H groups in total. The van der Waals surface area contributed by atoms with Gasteiger partial charge in [0.05, 0.1) is 10.6 Å². The summed E-state index contributed by atoms with van der Waals surface area (Å²) in [6.45, 7) is 0. The van der Waals surface area contributed by atoms with Gasteiger partial charge in [-0.25, -0.2) is 5.10 Å². The van der Waals surface area contributed by atoms with E-state index >= 15 is 0 Å². The first kappa shape index (κ1) is 11.5. The molecular weight excluding hydrogens is 236 g/mol. The first-order chi connectivity index (χ1) is 8.61. The second kappa shape index (κ2) is 4.47. The van der Waals surface area contributed by atoms with Gasteiger partial charge in [-0.15, -0.1) is 0 Å². The van der Waals surface area contributed by atoms with Crippen LogP contribution in [0.2, 0.25) is 0 Å². The number of hydrogen-bond acceptors (Lipinski definition) is 5. The molecule has 0 spiro atoms. The minimum Gasteiger partial charge on any atom is -0.267 e. The highest BCUT2D eigenvalue weighted by molar-refractivity contribution is 5.63. The number of benzene rings is 1. The normalized spacial score (nSPS) is 9.72. The van der Waals surface area contributed by atoms with Gasteiger partial charge in [0.25, 0.3) is 11.2 Å². The molecule has 1 aromatic carbocycles. The van der Waals surface area contributed by atoms with Crippen LogP contribution in [0, 0.1) is 21.4 Å². The Kier molecular flexibility index (Phi) is 2.85. The lowest BCUT2D eigenvalue weighted by molar-refractivity contribution is -0.384. The van der Waals surface area contributed by atoms with Crippen molar-refractivity contribution in [3.63, 3.8) is 0 Å². The third kappa shape index (κ3) is 2.08. The summed E-state index contributed by atoms with van der Waals surface area (Å²) >= 11 is 0. The molecule has 88 valence electrons. The summed E-state index contributed by atoms with van der Waals surface area (Å²) in [5, 5.41) is 25.3. The van der Waals surface area contributed by atoms with Crippen LogP contribution < -0.4 is 5.56 Å². The number of aromatic amines is 1. The molecule has 2 aromatic rings. The van der Waals surface area contributed by atoms with Gasteiger partial charge in [-0.05, 0) is 6.07 Å². The van der Waals surface area contributed by atoms with E-state index in [0.29, 0.717) is 11.3 Å². The van der Waals surface area contributed by atoms with Crippen molar-refractivity contribution in [3.8, 4) is 17.3 Å². The highest BCUT2D eigenvalue weighted by Gasteiger charge is 2.09. The summed E-state index contributed by atoms with van der Waals surface area (Å²) in [7, 11) is 0. The van der Waals surface area contributed by atoms with E-state index in [9.17, 15) is 14.9 Å². The van der Waals surface area contributed by atoms with Crippen molar-refractivity contribution >= 4 is 5.69 Å². The molecule has 0 atom stereocenters. The Bertz CT molecular complexity index is 715. The minimum absolute atomic E-state index is 0.0843. The Labute approximate surface area is 100 Å². The topological polar surface area (TPSA) is 113 Å². The van der Waals surface area contributed by atoms with Gasteiger partial charge in [0.1, 0.15) is 11.6 Å². The van der Waals surface area contributed by atoms with Gasteiger partial charge < -0.3 is 0 Å². The number of H-pyrrole nitrogens is 1. The first-order valence-electron chi connectivity index (χ1n) is 4.86. The second-order valence-electron chi connectivity index (χ2n) is 3.42. The molecule has 0 bridgehead atoms. The summed E-state index contributed by atoms with van der Waals surface area (Å²) in [6.07, 6.45) is 0.